The molecular formula is C25H19N. The van der Waals surface area contributed by atoms with Crippen molar-refractivity contribution in [2.45, 2.75) is 18.3 Å². The summed E-state index contributed by atoms with van der Waals surface area (Å²) in [5.41, 5.74) is 18.2. The first-order chi connectivity index (χ1) is 12.8. The Morgan fingerprint density at radius 1 is 0.731 bits per heavy atom. The molecule has 2 N–H and O–H groups in total. The van der Waals surface area contributed by atoms with Crippen LogP contribution in [0, 0.1) is 0 Å². The summed E-state index contributed by atoms with van der Waals surface area (Å²) in [5.74, 6) is 0. The monoisotopic (exact) mass is 333 g/mol. The summed E-state index contributed by atoms with van der Waals surface area (Å²) >= 11 is 0. The van der Waals surface area contributed by atoms with E-state index in [1.807, 2.05) is 0 Å². The molecular weight excluding hydrogens is 314 g/mol. The molecule has 1 unspecified atom stereocenters. The van der Waals surface area contributed by atoms with Gasteiger partial charge in [0.15, 0.2) is 0 Å². The Bertz CT molecular complexity index is 1150. The van der Waals surface area contributed by atoms with Crippen molar-refractivity contribution in [3.63, 3.8) is 0 Å². The number of nitrogens with two attached hydrogens (primary N) is 1. The third-order valence-corrected chi connectivity index (χ3v) is 6.32. The molecule has 0 bridgehead atoms. The lowest BCUT2D eigenvalue weighted by Gasteiger charge is -2.33. The van der Waals surface area contributed by atoms with Gasteiger partial charge in [0, 0.05) is 11.3 Å². The SMILES string of the molecule is Nc1cccc2c1C1(C3=C(CCC=C3)c3ccccc31)c1ccccc1-2. The van der Waals surface area contributed by atoms with Crippen LogP contribution >= 0.6 is 0 Å². The molecule has 0 heterocycles. The highest BCUT2D eigenvalue weighted by Crippen LogP contribution is 2.64. The van der Waals surface area contributed by atoms with E-state index < -0.39 is 0 Å². The fraction of sp³-hybridized carbons (Fsp3) is 0.120. The Hall–Kier alpha value is -3.06. The second-order valence-corrected chi connectivity index (χ2v) is 7.44. The van der Waals surface area contributed by atoms with E-state index in [0.717, 1.165) is 18.5 Å². The normalized spacial score (nSPS) is 21.5. The number of nitrogen functional groups attached to an aromatic ring is 1. The van der Waals surface area contributed by atoms with Crippen molar-refractivity contribution >= 4 is 11.3 Å². The Morgan fingerprint density at radius 3 is 2.27 bits per heavy atom. The van der Waals surface area contributed by atoms with Crippen molar-refractivity contribution in [1.29, 1.82) is 0 Å². The third-order valence-electron chi connectivity index (χ3n) is 6.32. The number of anilines is 1. The van der Waals surface area contributed by atoms with Crippen LogP contribution < -0.4 is 5.73 Å². The molecule has 0 amide bonds. The van der Waals surface area contributed by atoms with Gasteiger partial charge in [0.05, 0.1) is 5.41 Å². The molecule has 0 fully saturated rings. The van der Waals surface area contributed by atoms with Crippen molar-refractivity contribution in [3.05, 3.63) is 107 Å². The highest BCUT2D eigenvalue weighted by molar-refractivity contribution is 5.98. The number of fused-ring (bicyclic) bond motifs is 9. The maximum atomic E-state index is 6.64. The van der Waals surface area contributed by atoms with Gasteiger partial charge < -0.3 is 5.73 Å². The predicted octanol–water partition coefficient (Wildman–Crippen LogP) is 5.70. The summed E-state index contributed by atoms with van der Waals surface area (Å²) in [4.78, 5) is 0. The Kier molecular flexibility index (Phi) is 2.59. The number of hydrogen-bond acceptors (Lipinski definition) is 1. The molecule has 3 aromatic carbocycles. The number of hydrogen-bond donors (Lipinski definition) is 1. The van der Waals surface area contributed by atoms with Crippen LogP contribution in [0.3, 0.4) is 0 Å². The van der Waals surface area contributed by atoms with E-state index in [2.05, 4.69) is 78.9 Å². The van der Waals surface area contributed by atoms with Crippen LogP contribution in [0.15, 0.2) is 84.5 Å². The molecule has 0 aromatic heterocycles. The van der Waals surface area contributed by atoms with E-state index >= 15 is 0 Å². The van der Waals surface area contributed by atoms with Crippen LogP contribution in [-0.4, -0.2) is 0 Å². The summed E-state index contributed by atoms with van der Waals surface area (Å²) in [6.07, 6.45) is 6.90. The molecule has 0 saturated carbocycles. The van der Waals surface area contributed by atoms with Gasteiger partial charge in [-0.2, -0.15) is 0 Å². The molecule has 124 valence electrons. The Morgan fingerprint density at radius 2 is 1.42 bits per heavy atom. The Balaban J connectivity index is 1.86. The lowest BCUT2D eigenvalue weighted by atomic mass is 9.68. The smallest absolute Gasteiger partial charge is 0.0742 e. The van der Waals surface area contributed by atoms with E-state index in [4.69, 9.17) is 5.73 Å². The van der Waals surface area contributed by atoms with Crippen molar-refractivity contribution in [2.24, 2.45) is 0 Å². The zero-order valence-electron chi connectivity index (χ0n) is 14.5. The van der Waals surface area contributed by atoms with Crippen molar-refractivity contribution < 1.29 is 0 Å². The van der Waals surface area contributed by atoms with Gasteiger partial charge in [0.25, 0.3) is 0 Å². The van der Waals surface area contributed by atoms with E-state index in [1.165, 1.54) is 44.5 Å². The molecule has 1 nitrogen and oxygen atoms in total. The first-order valence-electron chi connectivity index (χ1n) is 9.32. The van der Waals surface area contributed by atoms with Crippen LogP contribution in [-0.2, 0) is 5.41 Å². The van der Waals surface area contributed by atoms with E-state index in [1.54, 1.807) is 0 Å². The largest absolute Gasteiger partial charge is 0.398 e. The van der Waals surface area contributed by atoms with Gasteiger partial charge in [0.1, 0.15) is 0 Å². The molecule has 1 heteroatoms. The average Bonchev–Trinajstić information content (AvgIpc) is 3.16. The highest BCUT2D eigenvalue weighted by Gasteiger charge is 2.53. The van der Waals surface area contributed by atoms with Crippen LogP contribution in [0.4, 0.5) is 5.69 Å². The summed E-state index contributed by atoms with van der Waals surface area (Å²) in [5, 5.41) is 0. The minimum absolute atomic E-state index is 0.264. The molecule has 6 rings (SSSR count). The summed E-state index contributed by atoms with van der Waals surface area (Å²) in [7, 11) is 0. The van der Waals surface area contributed by atoms with E-state index in [-0.39, 0.29) is 5.41 Å². The van der Waals surface area contributed by atoms with Gasteiger partial charge in [-0.15, -0.1) is 0 Å². The van der Waals surface area contributed by atoms with Crippen molar-refractivity contribution in [3.8, 4) is 11.1 Å². The van der Waals surface area contributed by atoms with Gasteiger partial charge in [-0.3, -0.25) is 0 Å². The Labute approximate surface area is 153 Å². The topological polar surface area (TPSA) is 26.0 Å². The molecule has 0 aliphatic heterocycles. The van der Waals surface area contributed by atoms with Crippen LogP contribution in [0.2, 0.25) is 0 Å². The van der Waals surface area contributed by atoms with Gasteiger partial charge in [-0.25, -0.2) is 0 Å². The standard InChI is InChI=1S/C25H19N/c26-23-15-7-11-19-18-10-3-6-14-22(18)25(24(19)23)20-12-4-1-8-16(20)17-9-2-5-13-21(17)25/h1,3-8,10-15H,2,9,26H2. The summed E-state index contributed by atoms with van der Waals surface area (Å²) in [6.45, 7) is 0. The first kappa shape index (κ1) is 14.1. The predicted molar refractivity (Wildman–Crippen MR) is 108 cm³/mol. The number of rotatable bonds is 0. The van der Waals surface area contributed by atoms with E-state index in [9.17, 15) is 0 Å². The second-order valence-electron chi connectivity index (χ2n) is 7.44. The lowest BCUT2D eigenvalue weighted by molar-refractivity contribution is 0.783. The first-order valence-corrected chi connectivity index (χ1v) is 9.32. The quantitative estimate of drug-likeness (QED) is 0.525. The minimum atomic E-state index is -0.264. The average molecular weight is 333 g/mol. The van der Waals surface area contributed by atoms with Gasteiger partial charge in [-0.05, 0) is 57.9 Å². The van der Waals surface area contributed by atoms with Crippen molar-refractivity contribution in [2.75, 3.05) is 5.73 Å². The zero-order chi connectivity index (χ0) is 17.3. The molecule has 0 radical (unpaired) electrons. The molecule has 3 aromatic rings. The number of benzene rings is 3. The van der Waals surface area contributed by atoms with Crippen LogP contribution in [0.25, 0.3) is 16.7 Å². The lowest BCUT2D eigenvalue weighted by Crippen LogP contribution is -2.28. The minimum Gasteiger partial charge on any atom is -0.398 e. The maximum Gasteiger partial charge on any atom is 0.0742 e. The summed E-state index contributed by atoms with van der Waals surface area (Å²) in [6, 6.07) is 24.1. The summed E-state index contributed by atoms with van der Waals surface area (Å²) < 4.78 is 0. The van der Waals surface area contributed by atoms with Gasteiger partial charge >= 0.3 is 0 Å². The molecule has 3 aliphatic rings. The number of allylic oxidation sites excluding steroid dienone is 4. The molecule has 0 saturated heterocycles. The van der Waals surface area contributed by atoms with Crippen LogP contribution in [0.5, 0.6) is 0 Å². The molecule has 26 heavy (non-hydrogen) atoms. The molecule has 1 spiro atoms. The zero-order valence-corrected chi connectivity index (χ0v) is 14.5. The van der Waals surface area contributed by atoms with Crippen LogP contribution in [0.1, 0.15) is 35.1 Å². The van der Waals surface area contributed by atoms with E-state index in [0.29, 0.717) is 0 Å². The molecule has 3 aliphatic carbocycles. The fourth-order valence-electron chi connectivity index (χ4n) is 5.47. The van der Waals surface area contributed by atoms with Crippen molar-refractivity contribution in [1.82, 2.24) is 0 Å². The third kappa shape index (κ3) is 1.44. The highest BCUT2D eigenvalue weighted by atomic mass is 14.6. The molecule has 1 atom stereocenters. The fourth-order valence-corrected chi connectivity index (χ4v) is 5.47. The van der Waals surface area contributed by atoms with Gasteiger partial charge in [0.2, 0.25) is 0 Å². The van der Waals surface area contributed by atoms with Gasteiger partial charge in [-0.1, -0.05) is 72.8 Å². The second kappa shape index (κ2) is 4.76. The maximum absolute atomic E-state index is 6.64.